The first-order valence-electron chi connectivity index (χ1n) is 15.8. The number of nitrogens with one attached hydrogen (secondary N) is 1. The number of carbonyl (C=O) groups excluding carboxylic acids is 1. The van der Waals surface area contributed by atoms with Crippen LogP contribution in [0.4, 0.5) is 4.39 Å². The molecule has 1 aliphatic rings. The second-order valence-electron chi connectivity index (χ2n) is 10.6. The maximum absolute atomic E-state index is 12.4. The van der Waals surface area contributed by atoms with Gasteiger partial charge in [-0.15, -0.1) is 0 Å². The molecule has 6 rings (SSSR count). The third-order valence-corrected chi connectivity index (χ3v) is 7.41. The van der Waals surface area contributed by atoms with Gasteiger partial charge in [-0.2, -0.15) is 0 Å². The van der Waals surface area contributed by atoms with Crippen molar-refractivity contribution in [3.63, 3.8) is 0 Å². The minimum absolute atomic E-state index is 0.00198. The molecule has 5 nitrogen and oxygen atoms in total. The molecule has 0 aliphatic carbocycles. The zero-order chi connectivity index (χ0) is 32.7. The van der Waals surface area contributed by atoms with Gasteiger partial charge in [0.2, 0.25) is 5.91 Å². The summed E-state index contributed by atoms with van der Waals surface area (Å²) in [7, 11) is 0. The third kappa shape index (κ3) is 9.78. The fourth-order valence-electron chi connectivity index (χ4n) is 4.84. The van der Waals surface area contributed by atoms with Crippen molar-refractivity contribution in [2.45, 2.75) is 59.0 Å². The number of rotatable bonds is 10. The van der Waals surface area contributed by atoms with E-state index in [-0.39, 0.29) is 17.8 Å². The molecule has 0 bridgehead atoms. The Labute approximate surface area is 271 Å². The van der Waals surface area contributed by atoms with Crippen LogP contribution < -0.4 is 14.8 Å². The standard InChI is InChI=1S/C29H25NO3.C9H11FO.C2H6/c31-29-18-27(30-29)26-15-14-24(17-28(26)33-20-22-10-5-2-6-11-22)23-12-7-13-25(16-23)32-19-21-8-3-1-4-9-21;1-2-9(11)7-3-5-8(10)6-4-7;1-2/h1-17,27H,18-20H2,(H,30,31);3-6,9,11H,2H2,1H3;1-2H3. The van der Waals surface area contributed by atoms with Crippen LogP contribution in [0.3, 0.4) is 0 Å². The highest BCUT2D eigenvalue weighted by atomic mass is 19.1. The zero-order valence-corrected chi connectivity index (χ0v) is 26.7. The van der Waals surface area contributed by atoms with Gasteiger partial charge in [-0.25, -0.2) is 4.39 Å². The van der Waals surface area contributed by atoms with Crippen LogP contribution in [0, 0.1) is 5.82 Å². The Morgan fingerprint density at radius 1 is 0.761 bits per heavy atom. The predicted octanol–water partition coefficient (Wildman–Crippen LogP) is 9.37. The van der Waals surface area contributed by atoms with Crippen molar-refractivity contribution in [2.75, 3.05) is 0 Å². The second kappa shape index (κ2) is 17.5. The average molecular weight is 620 g/mol. The summed E-state index contributed by atoms with van der Waals surface area (Å²) in [5.74, 6) is 1.41. The van der Waals surface area contributed by atoms with Gasteiger partial charge in [-0.05, 0) is 64.6 Å². The van der Waals surface area contributed by atoms with E-state index in [1.165, 1.54) is 12.1 Å². The van der Waals surface area contributed by atoms with Crippen molar-refractivity contribution in [2.24, 2.45) is 0 Å². The highest BCUT2D eigenvalue weighted by Crippen LogP contribution is 2.36. The molecule has 238 valence electrons. The van der Waals surface area contributed by atoms with Crippen LogP contribution >= 0.6 is 0 Å². The summed E-state index contributed by atoms with van der Waals surface area (Å²) in [5.41, 5.74) is 6.10. The summed E-state index contributed by atoms with van der Waals surface area (Å²) < 4.78 is 24.6. The van der Waals surface area contributed by atoms with Crippen molar-refractivity contribution < 1.29 is 23.8 Å². The molecule has 1 aliphatic heterocycles. The van der Waals surface area contributed by atoms with Crippen LogP contribution in [0.15, 0.2) is 127 Å². The minimum atomic E-state index is -0.462. The number of carbonyl (C=O) groups is 1. The van der Waals surface area contributed by atoms with Crippen molar-refractivity contribution in [3.05, 3.63) is 155 Å². The SMILES string of the molecule is CC.CCC(O)c1ccc(F)cc1.O=C1CC(c2ccc(-c3cccc(OCc4ccccc4)c3)cc2OCc2ccccc2)N1. The second-order valence-corrected chi connectivity index (χ2v) is 10.6. The largest absolute Gasteiger partial charge is 0.489 e. The highest BCUT2D eigenvalue weighted by molar-refractivity contribution is 5.84. The summed E-state index contributed by atoms with van der Waals surface area (Å²) in [6, 6.07) is 40.4. The normalized spacial score (nSPS) is 13.8. The molecule has 0 spiro atoms. The van der Waals surface area contributed by atoms with E-state index < -0.39 is 6.10 Å². The van der Waals surface area contributed by atoms with Crippen LogP contribution in [-0.2, 0) is 18.0 Å². The number of β-lactam (4-membered cyclic amide) rings is 1. The van der Waals surface area contributed by atoms with E-state index in [0.717, 1.165) is 44.9 Å². The lowest BCUT2D eigenvalue weighted by Crippen LogP contribution is -2.41. The van der Waals surface area contributed by atoms with Gasteiger partial charge in [0.1, 0.15) is 30.5 Å². The predicted molar refractivity (Wildman–Crippen MR) is 182 cm³/mol. The molecule has 0 radical (unpaired) electrons. The molecule has 1 amide bonds. The number of aliphatic hydroxyl groups excluding tert-OH is 1. The molecule has 5 aromatic carbocycles. The van der Waals surface area contributed by atoms with E-state index in [2.05, 4.69) is 41.7 Å². The van der Waals surface area contributed by atoms with Crippen molar-refractivity contribution in [1.29, 1.82) is 0 Å². The molecule has 2 atom stereocenters. The molecular formula is C40H42FNO4. The highest BCUT2D eigenvalue weighted by Gasteiger charge is 2.29. The smallest absolute Gasteiger partial charge is 0.222 e. The maximum Gasteiger partial charge on any atom is 0.222 e. The van der Waals surface area contributed by atoms with Crippen LogP contribution in [0.25, 0.3) is 11.1 Å². The van der Waals surface area contributed by atoms with E-state index in [0.29, 0.717) is 26.1 Å². The Bertz CT molecular complexity index is 1630. The summed E-state index contributed by atoms with van der Waals surface area (Å²) >= 11 is 0. The van der Waals surface area contributed by atoms with E-state index in [9.17, 15) is 14.3 Å². The van der Waals surface area contributed by atoms with Crippen LogP contribution in [0.5, 0.6) is 11.5 Å². The lowest BCUT2D eigenvalue weighted by atomic mass is 9.94. The van der Waals surface area contributed by atoms with E-state index >= 15 is 0 Å². The number of aliphatic hydroxyl groups is 1. The zero-order valence-electron chi connectivity index (χ0n) is 26.7. The minimum Gasteiger partial charge on any atom is -0.489 e. The fourth-order valence-corrected chi connectivity index (χ4v) is 4.84. The van der Waals surface area contributed by atoms with Crippen LogP contribution in [-0.4, -0.2) is 11.0 Å². The molecule has 46 heavy (non-hydrogen) atoms. The average Bonchev–Trinajstić information content (AvgIpc) is 3.10. The molecule has 2 unspecified atom stereocenters. The summed E-state index contributed by atoms with van der Waals surface area (Å²) in [6.45, 7) is 6.88. The van der Waals surface area contributed by atoms with Crippen LogP contribution in [0.2, 0.25) is 0 Å². The Kier molecular flexibility index (Phi) is 12.9. The number of hydrogen-bond acceptors (Lipinski definition) is 4. The van der Waals surface area contributed by atoms with Gasteiger partial charge in [0.15, 0.2) is 0 Å². The number of amides is 1. The van der Waals surface area contributed by atoms with Gasteiger partial charge >= 0.3 is 0 Å². The first-order chi connectivity index (χ1) is 22.5. The van der Waals surface area contributed by atoms with Gasteiger partial charge in [0.05, 0.1) is 18.6 Å². The molecule has 0 saturated carbocycles. The van der Waals surface area contributed by atoms with Gasteiger partial charge in [-0.3, -0.25) is 4.79 Å². The van der Waals surface area contributed by atoms with Crippen molar-refractivity contribution in [1.82, 2.24) is 5.32 Å². The quantitative estimate of drug-likeness (QED) is 0.153. The maximum atomic E-state index is 12.4. The van der Waals surface area contributed by atoms with E-state index in [4.69, 9.17) is 9.47 Å². The lowest BCUT2D eigenvalue weighted by Gasteiger charge is -2.29. The summed E-state index contributed by atoms with van der Waals surface area (Å²) in [4.78, 5) is 11.5. The summed E-state index contributed by atoms with van der Waals surface area (Å²) in [6.07, 6.45) is 0.686. The van der Waals surface area contributed by atoms with Crippen molar-refractivity contribution >= 4 is 5.91 Å². The molecule has 1 saturated heterocycles. The summed E-state index contributed by atoms with van der Waals surface area (Å²) in [5, 5.41) is 12.3. The molecule has 1 fully saturated rings. The molecule has 2 N–H and O–H groups in total. The third-order valence-electron chi connectivity index (χ3n) is 7.41. The van der Waals surface area contributed by atoms with Gasteiger partial charge in [-0.1, -0.05) is 118 Å². The van der Waals surface area contributed by atoms with Gasteiger partial charge in [0, 0.05) is 5.56 Å². The van der Waals surface area contributed by atoms with Crippen LogP contribution in [0.1, 0.15) is 68.0 Å². The Balaban J connectivity index is 0.000000312. The van der Waals surface area contributed by atoms with Crippen molar-refractivity contribution in [3.8, 4) is 22.6 Å². The van der Waals surface area contributed by atoms with Gasteiger partial charge < -0.3 is 19.9 Å². The van der Waals surface area contributed by atoms with E-state index in [1.807, 2.05) is 87.5 Å². The molecular weight excluding hydrogens is 577 g/mol. The van der Waals surface area contributed by atoms with E-state index in [1.54, 1.807) is 12.1 Å². The van der Waals surface area contributed by atoms with Gasteiger partial charge in [0.25, 0.3) is 0 Å². The Morgan fingerprint density at radius 3 is 1.93 bits per heavy atom. The monoisotopic (exact) mass is 619 g/mol. The molecule has 1 heterocycles. The first-order valence-corrected chi connectivity index (χ1v) is 15.8. The molecule has 6 heteroatoms. The Hall–Kier alpha value is -4.94. The number of hydrogen-bond donors (Lipinski definition) is 2. The number of ether oxygens (including phenoxy) is 2. The first kappa shape index (κ1) is 33.9. The number of benzene rings is 5. The molecule has 5 aromatic rings. The topological polar surface area (TPSA) is 67.8 Å². The Morgan fingerprint density at radius 2 is 1.35 bits per heavy atom. The number of halogens is 1. The fraction of sp³-hybridized carbons (Fsp3) is 0.225. The molecule has 0 aromatic heterocycles. The lowest BCUT2D eigenvalue weighted by molar-refractivity contribution is -0.128.